The minimum atomic E-state index is -0.0869. The molecule has 6 nitrogen and oxygen atoms in total. The van der Waals surface area contributed by atoms with E-state index in [1.807, 2.05) is 44.2 Å². The predicted molar refractivity (Wildman–Crippen MR) is 95.3 cm³/mol. The zero-order chi connectivity index (χ0) is 17.1. The van der Waals surface area contributed by atoms with Crippen LogP contribution in [0.4, 0.5) is 11.6 Å². The summed E-state index contributed by atoms with van der Waals surface area (Å²) in [5.74, 6) is 0.503. The van der Waals surface area contributed by atoms with E-state index in [0.717, 1.165) is 29.9 Å². The molecule has 0 aliphatic heterocycles. The summed E-state index contributed by atoms with van der Waals surface area (Å²) in [6.45, 7) is 6.87. The number of amides is 1. The number of carbonyl (C=O) groups excluding carboxylic acids is 1. The molecule has 0 saturated heterocycles. The van der Waals surface area contributed by atoms with Gasteiger partial charge in [0, 0.05) is 30.9 Å². The van der Waals surface area contributed by atoms with Crippen molar-refractivity contribution in [2.24, 2.45) is 5.73 Å². The molecule has 0 fully saturated rings. The molecular formula is C17H25N5O. The summed E-state index contributed by atoms with van der Waals surface area (Å²) >= 11 is 0. The number of nitrogens with one attached hydrogen (secondary N) is 2. The Labute approximate surface area is 137 Å². The van der Waals surface area contributed by atoms with Gasteiger partial charge in [-0.25, -0.2) is 9.97 Å². The van der Waals surface area contributed by atoms with Crippen LogP contribution in [0.2, 0.25) is 0 Å². The first-order valence-electron chi connectivity index (χ1n) is 7.84. The molecule has 124 valence electrons. The van der Waals surface area contributed by atoms with Gasteiger partial charge < -0.3 is 16.4 Å². The van der Waals surface area contributed by atoms with Crippen LogP contribution in [0, 0.1) is 0 Å². The van der Waals surface area contributed by atoms with Crippen molar-refractivity contribution in [2.45, 2.75) is 27.2 Å². The fraction of sp³-hybridized carbons (Fsp3) is 0.353. The van der Waals surface area contributed by atoms with Gasteiger partial charge >= 0.3 is 0 Å². The van der Waals surface area contributed by atoms with Crippen molar-refractivity contribution in [1.29, 1.82) is 0 Å². The van der Waals surface area contributed by atoms with E-state index in [0.29, 0.717) is 12.5 Å². The molecule has 1 aromatic carbocycles. The minimum absolute atomic E-state index is 0.0869. The first-order valence-corrected chi connectivity index (χ1v) is 7.84. The van der Waals surface area contributed by atoms with E-state index in [4.69, 9.17) is 5.73 Å². The highest BCUT2D eigenvalue weighted by atomic mass is 16.1. The molecule has 0 saturated carbocycles. The Kier molecular flexibility index (Phi) is 8.31. The molecule has 2 rings (SSSR count). The van der Waals surface area contributed by atoms with E-state index in [9.17, 15) is 4.79 Å². The van der Waals surface area contributed by atoms with E-state index in [2.05, 4.69) is 20.6 Å². The minimum Gasteiger partial charge on any atom is -0.354 e. The van der Waals surface area contributed by atoms with Gasteiger partial charge in [-0.1, -0.05) is 26.0 Å². The summed E-state index contributed by atoms with van der Waals surface area (Å²) in [4.78, 5) is 19.6. The van der Waals surface area contributed by atoms with Gasteiger partial charge in [-0.2, -0.15) is 0 Å². The number of hydrogen-bond donors (Lipinski definition) is 3. The number of nitrogens with two attached hydrogens (primary N) is 1. The molecular weight excluding hydrogens is 290 g/mol. The Hall–Kier alpha value is -2.47. The second kappa shape index (κ2) is 10.3. The van der Waals surface area contributed by atoms with Crippen LogP contribution in [-0.4, -0.2) is 29.0 Å². The number of hydrogen-bond acceptors (Lipinski definition) is 5. The van der Waals surface area contributed by atoms with Crippen molar-refractivity contribution in [3.8, 4) is 11.3 Å². The monoisotopic (exact) mass is 315 g/mol. The van der Waals surface area contributed by atoms with Crippen LogP contribution in [0.25, 0.3) is 11.3 Å². The van der Waals surface area contributed by atoms with Crippen LogP contribution in [0.1, 0.15) is 27.2 Å². The molecule has 1 aromatic heterocycles. The third-order valence-corrected chi connectivity index (χ3v) is 2.82. The smallest absolute Gasteiger partial charge is 0.223 e. The first-order chi connectivity index (χ1) is 11.2. The highest BCUT2D eigenvalue weighted by molar-refractivity contribution is 5.88. The number of anilines is 2. The molecule has 0 bridgehead atoms. The molecule has 23 heavy (non-hydrogen) atoms. The zero-order valence-corrected chi connectivity index (χ0v) is 14.0. The fourth-order valence-electron chi connectivity index (χ4n) is 1.83. The predicted octanol–water partition coefficient (Wildman–Crippen LogP) is 2.89. The molecule has 0 radical (unpaired) electrons. The topological polar surface area (TPSA) is 92.9 Å². The second-order valence-corrected chi connectivity index (χ2v) is 4.59. The van der Waals surface area contributed by atoms with E-state index in [1.165, 1.54) is 6.92 Å². The van der Waals surface area contributed by atoms with Crippen LogP contribution in [0.15, 0.2) is 36.5 Å². The van der Waals surface area contributed by atoms with Gasteiger partial charge in [0.25, 0.3) is 0 Å². The van der Waals surface area contributed by atoms with E-state index < -0.39 is 0 Å². The lowest BCUT2D eigenvalue weighted by Gasteiger charge is -2.07. The molecule has 1 heterocycles. The summed E-state index contributed by atoms with van der Waals surface area (Å²) in [7, 11) is 0. The van der Waals surface area contributed by atoms with E-state index in [-0.39, 0.29) is 5.91 Å². The van der Waals surface area contributed by atoms with Gasteiger partial charge in [-0.15, -0.1) is 0 Å². The molecule has 1 amide bonds. The van der Waals surface area contributed by atoms with Crippen molar-refractivity contribution < 1.29 is 4.79 Å². The molecule has 0 aliphatic rings. The van der Waals surface area contributed by atoms with Crippen molar-refractivity contribution >= 4 is 17.5 Å². The third-order valence-electron chi connectivity index (χ3n) is 2.82. The van der Waals surface area contributed by atoms with Crippen molar-refractivity contribution in [3.05, 3.63) is 36.5 Å². The summed E-state index contributed by atoms with van der Waals surface area (Å²) in [5.41, 5.74) is 8.01. The van der Waals surface area contributed by atoms with E-state index >= 15 is 0 Å². The lowest BCUT2D eigenvalue weighted by Crippen LogP contribution is -2.10. The molecule has 4 N–H and O–H groups in total. The van der Waals surface area contributed by atoms with Crippen molar-refractivity contribution in [1.82, 2.24) is 9.97 Å². The summed E-state index contributed by atoms with van der Waals surface area (Å²) in [6, 6.07) is 9.37. The quantitative estimate of drug-likeness (QED) is 0.713. The lowest BCUT2D eigenvalue weighted by molar-refractivity contribution is -0.114. The van der Waals surface area contributed by atoms with Gasteiger partial charge in [0.05, 0.1) is 5.69 Å². The first kappa shape index (κ1) is 18.6. The molecule has 0 aliphatic carbocycles. The third kappa shape index (κ3) is 6.44. The number of nitrogens with zero attached hydrogens (tertiary/aromatic N) is 2. The highest BCUT2D eigenvalue weighted by Crippen LogP contribution is 2.20. The maximum Gasteiger partial charge on any atom is 0.223 e. The average Bonchev–Trinajstić information content (AvgIpc) is 2.57. The molecule has 2 aromatic rings. The number of aromatic nitrogens is 2. The van der Waals surface area contributed by atoms with Gasteiger partial charge in [0.15, 0.2) is 0 Å². The van der Waals surface area contributed by atoms with Crippen LogP contribution in [0.5, 0.6) is 0 Å². The van der Waals surface area contributed by atoms with Gasteiger partial charge in [0.1, 0.15) is 0 Å². The Morgan fingerprint density at radius 1 is 1.17 bits per heavy atom. The SMILES string of the molecule is CC.CC(=O)Nc1ccc(-c2ccnc(NCCCN)n2)cc1. The van der Waals surface area contributed by atoms with Crippen LogP contribution in [0.3, 0.4) is 0 Å². The Balaban J connectivity index is 0.00000127. The highest BCUT2D eigenvalue weighted by Gasteiger charge is 2.03. The van der Waals surface area contributed by atoms with Crippen molar-refractivity contribution in [2.75, 3.05) is 23.7 Å². The van der Waals surface area contributed by atoms with Crippen LogP contribution in [-0.2, 0) is 4.79 Å². The maximum atomic E-state index is 11.0. The fourth-order valence-corrected chi connectivity index (χ4v) is 1.83. The number of rotatable bonds is 6. The van der Waals surface area contributed by atoms with E-state index in [1.54, 1.807) is 6.20 Å². The molecule has 0 unspecified atom stereocenters. The normalized spacial score (nSPS) is 9.57. The summed E-state index contributed by atoms with van der Waals surface area (Å²) in [6.07, 6.45) is 2.59. The standard InChI is InChI=1S/C15H19N5O.C2H6/c1-11(21)19-13-5-3-12(4-6-13)14-7-10-18-15(20-14)17-9-2-8-16;1-2/h3-7,10H,2,8-9,16H2,1H3,(H,19,21)(H,17,18,20);1-2H3. The van der Waals surface area contributed by atoms with Gasteiger partial charge in [-0.3, -0.25) is 4.79 Å². The average molecular weight is 315 g/mol. The molecule has 0 atom stereocenters. The molecule has 6 heteroatoms. The number of carbonyl (C=O) groups is 1. The van der Waals surface area contributed by atoms with Crippen LogP contribution < -0.4 is 16.4 Å². The van der Waals surface area contributed by atoms with Crippen LogP contribution >= 0.6 is 0 Å². The Morgan fingerprint density at radius 3 is 2.48 bits per heavy atom. The lowest BCUT2D eigenvalue weighted by atomic mass is 10.1. The summed E-state index contributed by atoms with van der Waals surface area (Å²) in [5, 5.41) is 5.87. The van der Waals surface area contributed by atoms with Crippen molar-refractivity contribution in [3.63, 3.8) is 0 Å². The van der Waals surface area contributed by atoms with Gasteiger partial charge in [0.2, 0.25) is 11.9 Å². The second-order valence-electron chi connectivity index (χ2n) is 4.59. The summed E-state index contributed by atoms with van der Waals surface area (Å²) < 4.78 is 0. The largest absolute Gasteiger partial charge is 0.354 e. The zero-order valence-electron chi connectivity index (χ0n) is 14.0. The Morgan fingerprint density at radius 2 is 1.87 bits per heavy atom. The number of benzene rings is 1. The molecule has 0 spiro atoms. The maximum absolute atomic E-state index is 11.0. The Bertz CT molecular complexity index is 598. The van der Waals surface area contributed by atoms with Gasteiger partial charge in [-0.05, 0) is 31.2 Å².